The molecule has 5 heteroatoms. The van der Waals surface area contributed by atoms with Crippen molar-refractivity contribution in [2.45, 2.75) is 25.8 Å². The highest BCUT2D eigenvalue weighted by molar-refractivity contribution is 7.12. The fraction of sp³-hybridized carbons (Fsp3) is 0.450. The summed E-state index contributed by atoms with van der Waals surface area (Å²) in [6.45, 7) is 6.90. The van der Waals surface area contributed by atoms with Gasteiger partial charge in [-0.1, -0.05) is 18.2 Å². The van der Waals surface area contributed by atoms with Crippen molar-refractivity contribution in [3.8, 4) is 0 Å². The molecule has 1 saturated heterocycles. The van der Waals surface area contributed by atoms with Gasteiger partial charge in [-0.05, 0) is 48.4 Å². The van der Waals surface area contributed by atoms with Crippen molar-refractivity contribution in [1.29, 1.82) is 0 Å². The molecular weight excluding hydrogens is 330 g/mol. The van der Waals surface area contributed by atoms with Crippen LogP contribution in [0.5, 0.6) is 0 Å². The maximum absolute atomic E-state index is 12.2. The van der Waals surface area contributed by atoms with E-state index in [4.69, 9.17) is 0 Å². The number of carbonyl (C=O) groups excluding carboxylic acids is 1. The molecule has 132 valence electrons. The minimum atomic E-state index is 0.0673. The highest BCUT2D eigenvalue weighted by atomic mass is 32.1. The maximum atomic E-state index is 12.2. The first-order valence-electron chi connectivity index (χ1n) is 9.11. The number of hydrogen-bond donors (Lipinski definition) is 1. The molecule has 1 amide bonds. The number of thiophene rings is 1. The Morgan fingerprint density at radius 2 is 2.16 bits per heavy atom. The first-order valence-corrected chi connectivity index (χ1v) is 9.99. The van der Waals surface area contributed by atoms with E-state index in [1.807, 2.05) is 18.4 Å². The van der Waals surface area contributed by atoms with Crippen LogP contribution in [0.4, 0.5) is 5.69 Å². The van der Waals surface area contributed by atoms with Crippen LogP contribution in [0.25, 0.3) is 0 Å². The van der Waals surface area contributed by atoms with Gasteiger partial charge < -0.3 is 10.2 Å². The number of piperazine rings is 1. The van der Waals surface area contributed by atoms with Gasteiger partial charge >= 0.3 is 0 Å². The largest absolute Gasteiger partial charge is 0.366 e. The van der Waals surface area contributed by atoms with Gasteiger partial charge in [0.1, 0.15) is 0 Å². The molecule has 0 spiro atoms. The number of rotatable bonds is 4. The van der Waals surface area contributed by atoms with Crippen LogP contribution < -0.4 is 10.2 Å². The SMILES string of the molecule is Cc1ccsc1C(=O)NCCN1CCN2c3ccccc3CCC2C1. The monoisotopic (exact) mass is 355 g/mol. The van der Waals surface area contributed by atoms with Gasteiger partial charge in [0.2, 0.25) is 0 Å². The van der Waals surface area contributed by atoms with Crippen LogP contribution in [0, 0.1) is 6.92 Å². The summed E-state index contributed by atoms with van der Waals surface area (Å²) >= 11 is 1.52. The Morgan fingerprint density at radius 3 is 3.00 bits per heavy atom. The fourth-order valence-electron chi connectivity index (χ4n) is 4.02. The summed E-state index contributed by atoms with van der Waals surface area (Å²) < 4.78 is 0. The van der Waals surface area contributed by atoms with Crippen LogP contribution in [-0.2, 0) is 6.42 Å². The Balaban J connectivity index is 1.29. The molecule has 4 rings (SSSR count). The van der Waals surface area contributed by atoms with Crippen molar-refractivity contribution in [2.24, 2.45) is 0 Å². The lowest BCUT2D eigenvalue weighted by Gasteiger charge is -2.46. The average Bonchev–Trinajstić information content (AvgIpc) is 3.07. The van der Waals surface area contributed by atoms with E-state index in [-0.39, 0.29) is 5.91 Å². The number of nitrogens with one attached hydrogen (secondary N) is 1. The molecule has 25 heavy (non-hydrogen) atoms. The van der Waals surface area contributed by atoms with Crippen molar-refractivity contribution in [2.75, 3.05) is 37.6 Å². The van der Waals surface area contributed by atoms with Gasteiger partial charge in [0.15, 0.2) is 0 Å². The molecule has 0 saturated carbocycles. The van der Waals surface area contributed by atoms with Crippen molar-refractivity contribution >= 4 is 22.9 Å². The smallest absolute Gasteiger partial charge is 0.261 e. The summed E-state index contributed by atoms with van der Waals surface area (Å²) in [5, 5.41) is 5.05. The Kier molecular flexibility index (Phi) is 4.77. The van der Waals surface area contributed by atoms with Gasteiger partial charge in [0, 0.05) is 44.5 Å². The van der Waals surface area contributed by atoms with Crippen LogP contribution >= 0.6 is 11.3 Å². The summed E-state index contributed by atoms with van der Waals surface area (Å²) in [6.07, 6.45) is 2.41. The summed E-state index contributed by atoms with van der Waals surface area (Å²) in [6, 6.07) is 11.4. The molecule has 1 atom stereocenters. The van der Waals surface area contributed by atoms with E-state index in [9.17, 15) is 4.79 Å². The van der Waals surface area contributed by atoms with Crippen molar-refractivity contribution in [3.63, 3.8) is 0 Å². The van der Waals surface area contributed by atoms with Crippen LogP contribution in [0.2, 0.25) is 0 Å². The number of para-hydroxylation sites is 1. The molecule has 2 aliphatic heterocycles. The second kappa shape index (κ2) is 7.18. The summed E-state index contributed by atoms with van der Waals surface area (Å²) in [4.78, 5) is 18.1. The zero-order valence-corrected chi connectivity index (χ0v) is 15.5. The first-order chi connectivity index (χ1) is 12.2. The van der Waals surface area contributed by atoms with E-state index in [1.165, 1.54) is 35.4 Å². The molecular formula is C20H25N3OS. The minimum Gasteiger partial charge on any atom is -0.366 e. The normalized spacial score (nSPS) is 20.0. The predicted molar refractivity (Wildman–Crippen MR) is 104 cm³/mol. The zero-order valence-electron chi connectivity index (χ0n) is 14.7. The van der Waals surface area contributed by atoms with Gasteiger partial charge in [-0.3, -0.25) is 9.69 Å². The standard InChI is InChI=1S/C20H25N3OS/c1-15-8-13-25-19(15)20(24)21-9-10-22-11-12-23-17(14-22)7-6-16-4-2-3-5-18(16)23/h2-5,8,13,17H,6-7,9-12,14H2,1H3,(H,21,24). The average molecular weight is 356 g/mol. The summed E-state index contributed by atoms with van der Waals surface area (Å²) in [5.41, 5.74) is 3.99. The highest BCUT2D eigenvalue weighted by Crippen LogP contribution is 2.32. The summed E-state index contributed by atoms with van der Waals surface area (Å²) in [5.74, 6) is 0.0673. The summed E-state index contributed by atoms with van der Waals surface area (Å²) in [7, 11) is 0. The van der Waals surface area contributed by atoms with Gasteiger partial charge in [0.05, 0.1) is 4.88 Å². The third-order valence-electron chi connectivity index (χ3n) is 5.40. The molecule has 1 unspecified atom stereocenters. The number of benzene rings is 1. The van der Waals surface area contributed by atoms with Crippen LogP contribution in [0.15, 0.2) is 35.7 Å². The third-order valence-corrected chi connectivity index (χ3v) is 6.41. The van der Waals surface area contributed by atoms with Crippen molar-refractivity contribution in [3.05, 3.63) is 51.7 Å². The van der Waals surface area contributed by atoms with Gasteiger partial charge in [-0.2, -0.15) is 0 Å². The molecule has 3 heterocycles. The topological polar surface area (TPSA) is 35.6 Å². The first kappa shape index (κ1) is 16.6. The van der Waals surface area contributed by atoms with Crippen molar-refractivity contribution < 1.29 is 4.79 Å². The van der Waals surface area contributed by atoms with E-state index in [1.54, 1.807) is 0 Å². The maximum Gasteiger partial charge on any atom is 0.261 e. The van der Waals surface area contributed by atoms with E-state index < -0.39 is 0 Å². The number of amides is 1. The Morgan fingerprint density at radius 1 is 1.28 bits per heavy atom. The predicted octanol–water partition coefficient (Wildman–Crippen LogP) is 2.92. The van der Waals surface area contributed by atoms with E-state index in [0.717, 1.165) is 43.2 Å². The molecule has 1 fully saturated rings. The highest BCUT2D eigenvalue weighted by Gasteiger charge is 2.31. The zero-order chi connectivity index (χ0) is 17.2. The van der Waals surface area contributed by atoms with E-state index >= 15 is 0 Å². The second-order valence-electron chi connectivity index (χ2n) is 7.00. The van der Waals surface area contributed by atoms with E-state index in [2.05, 4.69) is 39.4 Å². The number of nitrogens with zero attached hydrogens (tertiary/aromatic N) is 2. The van der Waals surface area contributed by atoms with Crippen LogP contribution in [0.3, 0.4) is 0 Å². The molecule has 0 bridgehead atoms. The Bertz CT molecular complexity index is 757. The number of hydrogen-bond acceptors (Lipinski definition) is 4. The number of fused-ring (bicyclic) bond motifs is 3. The number of carbonyl (C=O) groups is 1. The lowest BCUT2D eigenvalue weighted by atomic mass is 9.94. The third kappa shape index (κ3) is 3.44. The number of aryl methyl sites for hydroxylation is 2. The quantitative estimate of drug-likeness (QED) is 0.916. The molecule has 2 aromatic rings. The van der Waals surface area contributed by atoms with Crippen LogP contribution in [-0.4, -0.2) is 49.6 Å². The van der Waals surface area contributed by atoms with Crippen molar-refractivity contribution in [1.82, 2.24) is 10.2 Å². The van der Waals surface area contributed by atoms with Gasteiger partial charge in [-0.15, -0.1) is 11.3 Å². The molecule has 4 nitrogen and oxygen atoms in total. The van der Waals surface area contributed by atoms with Crippen LogP contribution in [0.1, 0.15) is 27.2 Å². The molecule has 0 radical (unpaired) electrons. The molecule has 1 aromatic heterocycles. The Hall–Kier alpha value is -1.85. The lowest BCUT2D eigenvalue weighted by Crippen LogP contribution is -2.56. The lowest BCUT2D eigenvalue weighted by molar-refractivity contribution is 0.0949. The Labute approximate surface area is 153 Å². The van der Waals surface area contributed by atoms with E-state index in [0.29, 0.717) is 6.04 Å². The molecule has 1 aromatic carbocycles. The van der Waals surface area contributed by atoms with Gasteiger partial charge in [0.25, 0.3) is 5.91 Å². The molecule has 2 aliphatic rings. The van der Waals surface area contributed by atoms with Gasteiger partial charge in [-0.25, -0.2) is 0 Å². The molecule has 0 aliphatic carbocycles. The molecule has 1 N–H and O–H groups in total. The fourth-order valence-corrected chi connectivity index (χ4v) is 4.87. The second-order valence-corrected chi connectivity index (χ2v) is 7.92. The minimum absolute atomic E-state index is 0.0673. The number of anilines is 1.